The highest BCUT2D eigenvalue weighted by atomic mass is 16.5. The van der Waals surface area contributed by atoms with Gasteiger partial charge in [-0.15, -0.1) is 0 Å². The maximum atomic E-state index is 13.2. The number of amides is 2. The van der Waals surface area contributed by atoms with Crippen molar-refractivity contribution in [2.24, 2.45) is 0 Å². The number of carbonyl (C=O) groups is 2. The molecule has 7 heteroatoms. The number of methoxy groups -OCH3 is 1. The van der Waals surface area contributed by atoms with Crippen LogP contribution in [0.15, 0.2) is 77.0 Å². The first kappa shape index (κ1) is 24.1. The second kappa shape index (κ2) is 11.4. The lowest BCUT2D eigenvalue weighted by Crippen LogP contribution is -2.36. The van der Waals surface area contributed by atoms with E-state index in [1.165, 1.54) is 37.3 Å². The lowest BCUT2D eigenvalue weighted by atomic mass is 10.1. The Kier molecular flexibility index (Phi) is 7.88. The van der Waals surface area contributed by atoms with E-state index < -0.39 is 11.8 Å². The molecule has 182 valence electrons. The molecule has 4 rings (SSSR count). The molecular formula is C28H31N3O4. The van der Waals surface area contributed by atoms with Crippen molar-refractivity contribution in [3.05, 3.63) is 89.5 Å². The Morgan fingerprint density at radius 2 is 1.71 bits per heavy atom. The lowest BCUT2D eigenvalue weighted by Gasteiger charge is -2.29. The molecule has 1 aliphatic rings. The third kappa shape index (κ3) is 6.32. The van der Waals surface area contributed by atoms with Crippen LogP contribution in [0.3, 0.4) is 0 Å². The van der Waals surface area contributed by atoms with E-state index in [9.17, 15) is 9.59 Å². The highest BCUT2D eigenvalue weighted by Gasteiger charge is 2.19. The fourth-order valence-corrected chi connectivity index (χ4v) is 4.09. The van der Waals surface area contributed by atoms with Crippen LogP contribution in [0.4, 0.5) is 5.69 Å². The summed E-state index contributed by atoms with van der Waals surface area (Å²) in [6, 6.07) is 18.2. The van der Waals surface area contributed by atoms with Crippen molar-refractivity contribution in [2.45, 2.75) is 32.2 Å². The third-order valence-corrected chi connectivity index (χ3v) is 6.14. The summed E-state index contributed by atoms with van der Waals surface area (Å²) < 4.78 is 10.5. The maximum absolute atomic E-state index is 13.2. The van der Waals surface area contributed by atoms with Gasteiger partial charge in [0.15, 0.2) is 0 Å². The van der Waals surface area contributed by atoms with Crippen molar-refractivity contribution >= 4 is 23.6 Å². The normalized spacial score (nSPS) is 14.8. The summed E-state index contributed by atoms with van der Waals surface area (Å²) in [5.41, 5.74) is 2.69. The first-order chi connectivity index (χ1) is 17.0. The highest BCUT2D eigenvalue weighted by molar-refractivity contribution is 6.05. The van der Waals surface area contributed by atoms with Gasteiger partial charge in [-0.2, -0.15) is 0 Å². The summed E-state index contributed by atoms with van der Waals surface area (Å²) in [7, 11) is 1.56. The van der Waals surface area contributed by atoms with Crippen molar-refractivity contribution in [2.75, 3.05) is 25.1 Å². The minimum absolute atomic E-state index is 0.0950. The van der Waals surface area contributed by atoms with Gasteiger partial charge in [-0.25, -0.2) is 0 Å². The number of anilines is 1. The second-order valence-electron chi connectivity index (χ2n) is 8.59. The van der Waals surface area contributed by atoms with E-state index in [0.717, 1.165) is 18.7 Å². The minimum Gasteiger partial charge on any atom is -0.497 e. The predicted octanol–water partition coefficient (Wildman–Crippen LogP) is 4.93. The number of rotatable bonds is 8. The molecule has 0 radical (unpaired) electrons. The summed E-state index contributed by atoms with van der Waals surface area (Å²) in [4.78, 5) is 28.4. The molecule has 0 aliphatic carbocycles. The lowest BCUT2D eigenvalue weighted by molar-refractivity contribution is -0.118. The molecule has 1 aromatic heterocycles. The van der Waals surface area contributed by atoms with E-state index in [0.29, 0.717) is 17.1 Å². The molecule has 7 nitrogen and oxygen atoms in total. The maximum Gasteiger partial charge on any atom is 0.268 e. The van der Waals surface area contributed by atoms with Crippen molar-refractivity contribution in [3.8, 4) is 5.75 Å². The van der Waals surface area contributed by atoms with Crippen LogP contribution in [-0.2, 0) is 4.79 Å². The summed E-state index contributed by atoms with van der Waals surface area (Å²) in [5.74, 6) is 0.296. The van der Waals surface area contributed by atoms with E-state index in [4.69, 9.17) is 9.15 Å². The fraction of sp³-hybridized carbons (Fsp3) is 0.286. The van der Waals surface area contributed by atoms with Gasteiger partial charge in [0.2, 0.25) is 0 Å². The number of piperidine rings is 1. The third-order valence-electron chi connectivity index (χ3n) is 6.14. The van der Waals surface area contributed by atoms with Crippen LogP contribution in [0.25, 0.3) is 6.08 Å². The summed E-state index contributed by atoms with van der Waals surface area (Å²) in [5, 5.41) is 5.71. The molecule has 1 saturated heterocycles. The van der Waals surface area contributed by atoms with Crippen molar-refractivity contribution in [1.29, 1.82) is 0 Å². The molecule has 2 heterocycles. The number of hydrogen-bond acceptors (Lipinski definition) is 5. The fourth-order valence-electron chi connectivity index (χ4n) is 4.09. The quantitative estimate of drug-likeness (QED) is 0.454. The van der Waals surface area contributed by atoms with Crippen LogP contribution in [0.2, 0.25) is 0 Å². The zero-order valence-electron chi connectivity index (χ0n) is 20.1. The van der Waals surface area contributed by atoms with Crippen LogP contribution < -0.4 is 20.3 Å². The van der Waals surface area contributed by atoms with E-state index >= 15 is 0 Å². The van der Waals surface area contributed by atoms with Crippen LogP contribution in [-0.4, -0.2) is 32.0 Å². The Balaban J connectivity index is 1.46. The van der Waals surface area contributed by atoms with Crippen molar-refractivity contribution < 1.29 is 18.7 Å². The number of nitrogens with one attached hydrogen (secondary N) is 2. The van der Waals surface area contributed by atoms with Crippen LogP contribution >= 0.6 is 0 Å². The number of furan rings is 1. The van der Waals surface area contributed by atoms with Gasteiger partial charge < -0.3 is 24.7 Å². The molecule has 1 atom stereocenters. The molecule has 3 aromatic rings. The molecule has 0 saturated carbocycles. The van der Waals surface area contributed by atoms with Crippen molar-refractivity contribution in [3.63, 3.8) is 0 Å². The van der Waals surface area contributed by atoms with E-state index in [1.807, 2.05) is 19.1 Å². The van der Waals surface area contributed by atoms with E-state index in [1.54, 1.807) is 43.5 Å². The topological polar surface area (TPSA) is 83.8 Å². The molecule has 0 unspecified atom stereocenters. The monoisotopic (exact) mass is 473 g/mol. The number of ether oxygens (including phenoxy) is 1. The first-order valence-electron chi connectivity index (χ1n) is 11.9. The van der Waals surface area contributed by atoms with Gasteiger partial charge in [0, 0.05) is 30.4 Å². The smallest absolute Gasteiger partial charge is 0.268 e. The Morgan fingerprint density at radius 3 is 2.34 bits per heavy atom. The zero-order chi connectivity index (χ0) is 24.6. The standard InChI is InChI=1S/C28H31N3O4/c1-20(21-8-12-23(13-9-21)31-16-4-3-5-17-31)29-28(33)26(19-25-7-6-18-35-25)30-27(32)22-10-14-24(34-2)15-11-22/h6-15,18-20H,3-5,16-17H2,1-2H3,(H,29,33)(H,30,32)/b26-19-/t20-/m0/s1. The Morgan fingerprint density at radius 1 is 1.00 bits per heavy atom. The molecular weight excluding hydrogens is 442 g/mol. The zero-order valence-corrected chi connectivity index (χ0v) is 20.1. The molecule has 2 N–H and O–H groups in total. The van der Waals surface area contributed by atoms with Crippen LogP contribution in [0.1, 0.15) is 53.9 Å². The van der Waals surface area contributed by atoms with Gasteiger partial charge in [-0.1, -0.05) is 12.1 Å². The van der Waals surface area contributed by atoms with Crippen molar-refractivity contribution in [1.82, 2.24) is 10.6 Å². The average Bonchev–Trinajstić information content (AvgIpc) is 3.42. The Bertz CT molecular complexity index is 1150. The Hall–Kier alpha value is -4.00. The minimum atomic E-state index is -0.407. The molecule has 1 aliphatic heterocycles. The molecule has 35 heavy (non-hydrogen) atoms. The first-order valence-corrected chi connectivity index (χ1v) is 11.9. The molecule has 1 fully saturated rings. The van der Waals surface area contributed by atoms with Gasteiger partial charge in [0.25, 0.3) is 11.8 Å². The van der Waals surface area contributed by atoms with Gasteiger partial charge in [0.05, 0.1) is 19.4 Å². The van der Waals surface area contributed by atoms with E-state index in [-0.39, 0.29) is 11.7 Å². The van der Waals surface area contributed by atoms with Gasteiger partial charge in [-0.3, -0.25) is 9.59 Å². The second-order valence-corrected chi connectivity index (χ2v) is 8.59. The van der Waals surface area contributed by atoms with Gasteiger partial charge in [-0.05, 0) is 80.3 Å². The number of nitrogens with zero attached hydrogens (tertiary/aromatic N) is 1. The molecule has 2 amide bonds. The largest absolute Gasteiger partial charge is 0.497 e. The highest BCUT2D eigenvalue weighted by Crippen LogP contribution is 2.23. The van der Waals surface area contributed by atoms with E-state index in [2.05, 4.69) is 27.7 Å². The summed E-state index contributed by atoms with van der Waals surface area (Å²) in [6.45, 7) is 4.09. The summed E-state index contributed by atoms with van der Waals surface area (Å²) in [6.07, 6.45) is 6.77. The SMILES string of the molecule is COc1ccc(C(=O)N/C(=C\c2ccco2)C(=O)N[C@@H](C)c2ccc(N3CCCCC3)cc2)cc1. The van der Waals surface area contributed by atoms with Crippen LogP contribution in [0.5, 0.6) is 5.75 Å². The molecule has 0 bridgehead atoms. The molecule has 0 spiro atoms. The predicted molar refractivity (Wildman–Crippen MR) is 136 cm³/mol. The van der Waals surface area contributed by atoms with Gasteiger partial charge in [0.1, 0.15) is 17.2 Å². The number of hydrogen-bond donors (Lipinski definition) is 2. The van der Waals surface area contributed by atoms with Gasteiger partial charge >= 0.3 is 0 Å². The Labute approximate surface area is 205 Å². The van der Waals surface area contributed by atoms with Crippen LogP contribution in [0, 0.1) is 0 Å². The average molecular weight is 474 g/mol. The summed E-state index contributed by atoms with van der Waals surface area (Å²) >= 11 is 0. The number of carbonyl (C=O) groups excluding carboxylic acids is 2. The number of benzene rings is 2. The molecule has 2 aromatic carbocycles.